The van der Waals surface area contributed by atoms with Gasteiger partial charge in [-0.3, -0.25) is 4.68 Å². The van der Waals surface area contributed by atoms with Gasteiger partial charge >= 0.3 is 0 Å². The lowest BCUT2D eigenvalue weighted by atomic mass is 10.1. The van der Waals surface area contributed by atoms with Crippen molar-refractivity contribution in [3.05, 3.63) is 29.8 Å². The van der Waals surface area contributed by atoms with Crippen molar-refractivity contribution in [1.82, 2.24) is 19.7 Å². The van der Waals surface area contributed by atoms with Crippen LogP contribution in [0.3, 0.4) is 0 Å². The van der Waals surface area contributed by atoms with Gasteiger partial charge in [0.15, 0.2) is 5.82 Å². The van der Waals surface area contributed by atoms with E-state index in [2.05, 4.69) is 15.1 Å². The van der Waals surface area contributed by atoms with Crippen LogP contribution in [0.2, 0.25) is 0 Å². The van der Waals surface area contributed by atoms with E-state index in [9.17, 15) is 0 Å². The van der Waals surface area contributed by atoms with Crippen molar-refractivity contribution in [2.45, 2.75) is 19.9 Å². The van der Waals surface area contributed by atoms with Crippen LogP contribution in [-0.2, 0) is 7.05 Å². The van der Waals surface area contributed by atoms with Gasteiger partial charge in [0.25, 0.3) is 0 Å². The molecule has 0 aliphatic rings. The Morgan fingerprint density at radius 2 is 2.12 bits per heavy atom. The number of hydrogen-bond acceptors (Lipinski definition) is 4. The molecule has 16 heavy (non-hydrogen) atoms. The van der Waals surface area contributed by atoms with Crippen molar-refractivity contribution >= 4 is 0 Å². The number of nitrogens with zero attached hydrogens (tertiary/aromatic N) is 4. The minimum absolute atomic E-state index is 0.0389. The number of rotatable bonds is 2. The highest BCUT2D eigenvalue weighted by Gasteiger charge is 2.09. The Bertz CT molecular complexity index is 501. The Hall–Kier alpha value is -1.75. The van der Waals surface area contributed by atoms with E-state index in [-0.39, 0.29) is 6.04 Å². The first-order valence-corrected chi connectivity index (χ1v) is 5.16. The molecule has 0 saturated carbocycles. The molecular weight excluding hydrogens is 202 g/mol. The average molecular weight is 217 g/mol. The maximum Gasteiger partial charge on any atom is 0.162 e. The smallest absolute Gasteiger partial charge is 0.162 e. The summed E-state index contributed by atoms with van der Waals surface area (Å²) in [6.45, 7) is 3.87. The minimum atomic E-state index is -0.0389. The lowest BCUT2D eigenvalue weighted by molar-refractivity contribution is 0.767. The molecule has 84 valence electrons. The lowest BCUT2D eigenvalue weighted by Crippen LogP contribution is -2.09. The van der Waals surface area contributed by atoms with Crippen LogP contribution in [0.4, 0.5) is 0 Å². The fraction of sp³-hybridized carbons (Fsp3) is 0.364. The molecule has 0 bridgehead atoms. The van der Waals surface area contributed by atoms with Crippen molar-refractivity contribution in [3.63, 3.8) is 0 Å². The quantitative estimate of drug-likeness (QED) is 0.820. The normalized spacial score (nSPS) is 12.8. The average Bonchev–Trinajstić information content (AvgIpc) is 2.64. The standard InChI is InChI=1S/C11H15N5/c1-7(12)10-5-13-11(15-8(10)2)9-4-14-16(3)6-9/h4-7H,12H2,1-3H3. The van der Waals surface area contributed by atoms with Crippen LogP contribution in [0.5, 0.6) is 0 Å². The summed E-state index contributed by atoms with van der Waals surface area (Å²) in [4.78, 5) is 8.73. The van der Waals surface area contributed by atoms with Gasteiger partial charge in [-0.15, -0.1) is 0 Å². The molecular formula is C11H15N5. The molecule has 0 saturated heterocycles. The van der Waals surface area contributed by atoms with Crippen molar-refractivity contribution in [2.75, 3.05) is 0 Å². The summed E-state index contributed by atoms with van der Waals surface area (Å²) in [6.07, 6.45) is 5.43. The summed E-state index contributed by atoms with van der Waals surface area (Å²) in [7, 11) is 1.87. The second-order valence-electron chi connectivity index (χ2n) is 3.93. The molecule has 2 aromatic heterocycles. The Kier molecular flexibility index (Phi) is 2.70. The van der Waals surface area contributed by atoms with Crippen LogP contribution in [0.25, 0.3) is 11.4 Å². The SMILES string of the molecule is Cc1nc(-c2cnn(C)c2)ncc1C(C)N. The van der Waals surface area contributed by atoms with Gasteiger partial charge in [-0.25, -0.2) is 9.97 Å². The van der Waals surface area contributed by atoms with Crippen molar-refractivity contribution in [3.8, 4) is 11.4 Å². The van der Waals surface area contributed by atoms with Crippen LogP contribution < -0.4 is 5.73 Å². The van der Waals surface area contributed by atoms with E-state index in [1.807, 2.05) is 27.1 Å². The molecule has 0 aliphatic heterocycles. The third-order valence-electron chi connectivity index (χ3n) is 2.47. The van der Waals surface area contributed by atoms with E-state index in [0.29, 0.717) is 5.82 Å². The van der Waals surface area contributed by atoms with Gasteiger partial charge in [0.05, 0.1) is 11.8 Å². The molecule has 0 amide bonds. The number of nitrogens with two attached hydrogens (primary N) is 1. The van der Waals surface area contributed by atoms with Crippen LogP contribution in [0.1, 0.15) is 24.2 Å². The van der Waals surface area contributed by atoms with Gasteiger partial charge in [0, 0.05) is 36.7 Å². The largest absolute Gasteiger partial charge is 0.324 e. The second kappa shape index (κ2) is 4.02. The maximum absolute atomic E-state index is 5.81. The zero-order valence-corrected chi connectivity index (χ0v) is 9.68. The molecule has 2 N–H and O–H groups in total. The number of hydrogen-bond donors (Lipinski definition) is 1. The van der Waals surface area contributed by atoms with Crippen LogP contribution in [0.15, 0.2) is 18.6 Å². The van der Waals surface area contributed by atoms with E-state index in [0.717, 1.165) is 16.8 Å². The van der Waals surface area contributed by atoms with Gasteiger partial charge in [0.1, 0.15) is 0 Å². The molecule has 0 radical (unpaired) electrons. The van der Waals surface area contributed by atoms with Gasteiger partial charge < -0.3 is 5.73 Å². The fourth-order valence-corrected chi connectivity index (χ4v) is 1.60. The molecule has 2 rings (SSSR count). The topological polar surface area (TPSA) is 69.6 Å². The van der Waals surface area contributed by atoms with Gasteiger partial charge in [0.2, 0.25) is 0 Å². The summed E-state index contributed by atoms with van der Waals surface area (Å²) in [6, 6.07) is -0.0389. The fourth-order valence-electron chi connectivity index (χ4n) is 1.60. The molecule has 1 unspecified atom stereocenters. The zero-order chi connectivity index (χ0) is 11.7. The Morgan fingerprint density at radius 3 is 2.62 bits per heavy atom. The molecule has 2 heterocycles. The van der Waals surface area contributed by atoms with Crippen LogP contribution in [0, 0.1) is 6.92 Å². The monoisotopic (exact) mass is 217 g/mol. The van der Waals surface area contributed by atoms with Crippen molar-refractivity contribution in [2.24, 2.45) is 12.8 Å². The molecule has 0 aliphatic carbocycles. The van der Waals surface area contributed by atoms with Gasteiger partial charge in [-0.05, 0) is 13.8 Å². The second-order valence-corrected chi connectivity index (χ2v) is 3.93. The first kappa shape index (κ1) is 10.8. The molecule has 0 fully saturated rings. The summed E-state index contributed by atoms with van der Waals surface area (Å²) < 4.78 is 1.73. The summed E-state index contributed by atoms with van der Waals surface area (Å²) in [5, 5.41) is 4.09. The first-order valence-electron chi connectivity index (χ1n) is 5.16. The predicted octanol–water partition coefficient (Wildman–Crippen LogP) is 1.21. The highest BCUT2D eigenvalue weighted by molar-refractivity contribution is 5.52. The highest BCUT2D eigenvalue weighted by Crippen LogP contribution is 2.17. The third-order valence-corrected chi connectivity index (χ3v) is 2.47. The van der Waals surface area contributed by atoms with E-state index in [1.165, 1.54) is 0 Å². The minimum Gasteiger partial charge on any atom is -0.324 e. The lowest BCUT2D eigenvalue weighted by Gasteiger charge is -2.08. The number of aromatic nitrogens is 4. The summed E-state index contributed by atoms with van der Waals surface area (Å²) in [5.74, 6) is 0.690. The van der Waals surface area contributed by atoms with E-state index < -0.39 is 0 Å². The molecule has 0 aromatic carbocycles. The maximum atomic E-state index is 5.81. The molecule has 5 nitrogen and oxygen atoms in total. The molecule has 5 heteroatoms. The first-order chi connectivity index (χ1) is 7.58. The Balaban J connectivity index is 2.42. The highest BCUT2D eigenvalue weighted by atomic mass is 15.2. The van der Waals surface area contributed by atoms with E-state index >= 15 is 0 Å². The Labute approximate surface area is 94.3 Å². The van der Waals surface area contributed by atoms with Crippen molar-refractivity contribution in [1.29, 1.82) is 0 Å². The summed E-state index contributed by atoms with van der Waals surface area (Å²) in [5.41, 5.74) is 8.63. The molecule has 0 spiro atoms. The van der Waals surface area contributed by atoms with Gasteiger partial charge in [-0.2, -0.15) is 5.10 Å². The Morgan fingerprint density at radius 1 is 1.38 bits per heavy atom. The van der Waals surface area contributed by atoms with Gasteiger partial charge in [-0.1, -0.05) is 0 Å². The molecule has 1 atom stereocenters. The van der Waals surface area contributed by atoms with Crippen LogP contribution in [-0.4, -0.2) is 19.7 Å². The van der Waals surface area contributed by atoms with Crippen molar-refractivity contribution < 1.29 is 0 Å². The molecule has 2 aromatic rings. The zero-order valence-electron chi connectivity index (χ0n) is 9.68. The van der Waals surface area contributed by atoms with E-state index in [4.69, 9.17) is 5.73 Å². The number of aryl methyl sites for hydroxylation is 2. The summed E-state index contributed by atoms with van der Waals surface area (Å²) >= 11 is 0. The van der Waals surface area contributed by atoms with Crippen LogP contribution >= 0.6 is 0 Å². The predicted molar refractivity (Wildman–Crippen MR) is 61.6 cm³/mol. The van der Waals surface area contributed by atoms with E-state index in [1.54, 1.807) is 17.1 Å². The third kappa shape index (κ3) is 1.94.